The first-order chi connectivity index (χ1) is 11.3. The zero-order valence-corrected chi connectivity index (χ0v) is 13.6. The van der Waals surface area contributed by atoms with Crippen molar-refractivity contribution in [1.29, 1.82) is 0 Å². The summed E-state index contributed by atoms with van der Waals surface area (Å²) in [7, 11) is 0. The normalized spacial score (nSPS) is 11.3. The number of nitrogens with zero attached hydrogens (tertiary/aromatic N) is 4. The molecule has 1 aromatic heterocycles. The molecule has 23 heavy (non-hydrogen) atoms. The van der Waals surface area contributed by atoms with Gasteiger partial charge in [-0.3, -0.25) is 0 Å². The molecule has 2 aromatic rings. The largest absolute Gasteiger partial charge is 0.327 e. The first-order valence-corrected chi connectivity index (χ1v) is 8.57. The van der Waals surface area contributed by atoms with Crippen LogP contribution in [0.1, 0.15) is 5.82 Å². The van der Waals surface area contributed by atoms with Crippen molar-refractivity contribution in [3.63, 3.8) is 0 Å². The lowest BCUT2D eigenvalue weighted by molar-refractivity contribution is 0.760. The lowest BCUT2D eigenvalue weighted by Crippen LogP contribution is -2.02. The van der Waals surface area contributed by atoms with Gasteiger partial charge in [0.05, 0.1) is 22.4 Å². The van der Waals surface area contributed by atoms with E-state index in [0.717, 1.165) is 40.2 Å². The summed E-state index contributed by atoms with van der Waals surface area (Å²) in [6.45, 7) is 2.95. The third kappa shape index (κ3) is 2.80. The average Bonchev–Trinajstić information content (AvgIpc) is 3.00. The van der Waals surface area contributed by atoms with Crippen LogP contribution in [0.3, 0.4) is 0 Å². The molecule has 0 bridgehead atoms. The summed E-state index contributed by atoms with van der Waals surface area (Å²) >= 11 is 1.69. The van der Waals surface area contributed by atoms with Gasteiger partial charge in [0.15, 0.2) is 5.16 Å². The zero-order valence-electron chi connectivity index (χ0n) is 12.8. The molecule has 0 amide bonds. The molecule has 2 heterocycles. The van der Waals surface area contributed by atoms with E-state index in [4.69, 9.17) is 0 Å². The summed E-state index contributed by atoms with van der Waals surface area (Å²) < 4.78 is 2.25. The highest BCUT2D eigenvalue weighted by Crippen LogP contribution is 2.24. The topological polar surface area (TPSA) is 43.6 Å². The molecule has 1 aliphatic heterocycles. The highest BCUT2D eigenvalue weighted by Gasteiger charge is 2.10. The molecule has 4 nitrogen and oxygen atoms in total. The van der Waals surface area contributed by atoms with E-state index >= 15 is 0 Å². The van der Waals surface area contributed by atoms with Gasteiger partial charge in [-0.05, 0) is 31.2 Å². The van der Waals surface area contributed by atoms with Gasteiger partial charge < -0.3 is 4.57 Å². The van der Waals surface area contributed by atoms with Gasteiger partial charge in [0, 0.05) is 12.3 Å². The van der Waals surface area contributed by atoms with Gasteiger partial charge in [0.2, 0.25) is 0 Å². The first-order valence-electron chi connectivity index (χ1n) is 7.59. The minimum atomic E-state index is 0.841. The van der Waals surface area contributed by atoms with Crippen LogP contribution in [0, 0.1) is 6.92 Å². The molecule has 0 spiro atoms. The molecule has 1 aliphatic carbocycles. The molecule has 0 unspecified atom stereocenters. The Morgan fingerprint density at radius 2 is 1.57 bits per heavy atom. The van der Waals surface area contributed by atoms with Crippen LogP contribution in [0.4, 0.5) is 0 Å². The van der Waals surface area contributed by atoms with Crippen LogP contribution in [0.5, 0.6) is 0 Å². The fraction of sp³-hybridized carbons (Fsp3) is 0.167. The molecule has 114 valence electrons. The molecular weight excluding hydrogens is 304 g/mol. The second-order valence-electron chi connectivity index (χ2n) is 5.34. The van der Waals surface area contributed by atoms with Crippen molar-refractivity contribution in [3.05, 3.63) is 60.4 Å². The summed E-state index contributed by atoms with van der Waals surface area (Å²) in [5, 5.41) is 0.841. The lowest BCUT2D eigenvalue weighted by Gasteiger charge is -2.05. The Bertz CT molecular complexity index is 900. The van der Waals surface area contributed by atoms with E-state index in [9.17, 15) is 0 Å². The molecule has 0 fully saturated rings. The van der Waals surface area contributed by atoms with Gasteiger partial charge in [-0.1, -0.05) is 42.1 Å². The Labute approximate surface area is 139 Å². The first kappa shape index (κ1) is 14.2. The van der Waals surface area contributed by atoms with Gasteiger partial charge >= 0.3 is 0 Å². The summed E-state index contributed by atoms with van der Waals surface area (Å²) in [6.07, 6.45) is 0. The van der Waals surface area contributed by atoms with Crippen molar-refractivity contribution in [2.45, 2.75) is 18.6 Å². The maximum atomic E-state index is 4.60. The van der Waals surface area contributed by atoms with E-state index in [0.29, 0.717) is 0 Å². The van der Waals surface area contributed by atoms with E-state index in [1.165, 1.54) is 5.52 Å². The second kappa shape index (κ2) is 6.01. The Balaban J connectivity index is 1.51. The molecule has 0 radical (unpaired) electrons. The predicted molar refractivity (Wildman–Crippen MR) is 93.8 cm³/mol. The number of hydrogen-bond donors (Lipinski definition) is 0. The van der Waals surface area contributed by atoms with E-state index < -0.39 is 0 Å². The van der Waals surface area contributed by atoms with Crippen LogP contribution in [-0.2, 0) is 6.54 Å². The molecule has 0 atom stereocenters. The highest BCUT2D eigenvalue weighted by atomic mass is 32.2. The zero-order chi connectivity index (χ0) is 15.6. The monoisotopic (exact) mass is 320 g/mol. The molecule has 0 N–H and O–H groups in total. The van der Waals surface area contributed by atoms with Gasteiger partial charge in [-0.15, -0.1) is 0 Å². The van der Waals surface area contributed by atoms with Gasteiger partial charge in [0.1, 0.15) is 5.82 Å². The maximum Gasteiger partial charge on any atom is 0.188 e. The molecule has 0 saturated heterocycles. The fourth-order valence-corrected chi connectivity index (χ4v) is 3.50. The summed E-state index contributed by atoms with van der Waals surface area (Å²) in [6, 6.07) is 18.2. The second-order valence-corrected chi connectivity index (χ2v) is 6.40. The third-order valence-electron chi connectivity index (χ3n) is 3.82. The van der Waals surface area contributed by atoms with Crippen molar-refractivity contribution >= 4 is 22.8 Å². The molecule has 0 saturated carbocycles. The quantitative estimate of drug-likeness (QED) is 0.532. The third-order valence-corrected chi connectivity index (χ3v) is 4.64. The van der Waals surface area contributed by atoms with Crippen molar-refractivity contribution in [1.82, 2.24) is 19.5 Å². The molecular formula is C18H16N4S. The van der Waals surface area contributed by atoms with E-state index in [2.05, 4.69) is 44.6 Å². The highest BCUT2D eigenvalue weighted by molar-refractivity contribution is 7.99. The molecule has 4 rings (SSSR count). The van der Waals surface area contributed by atoms with E-state index in [1.807, 2.05) is 36.4 Å². The maximum absolute atomic E-state index is 4.60. The molecule has 2 aliphatic rings. The summed E-state index contributed by atoms with van der Waals surface area (Å²) in [5.74, 6) is 1.97. The number of aryl methyl sites for hydroxylation is 2. The van der Waals surface area contributed by atoms with Gasteiger partial charge in [-0.2, -0.15) is 0 Å². The Morgan fingerprint density at radius 3 is 2.35 bits per heavy atom. The Kier molecular flexibility index (Phi) is 3.71. The molecule has 1 aromatic carbocycles. The van der Waals surface area contributed by atoms with Crippen LogP contribution in [0.25, 0.3) is 22.4 Å². The number of para-hydroxylation sites is 2. The number of hydrogen-bond acceptors (Lipinski definition) is 4. The van der Waals surface area contributed by atoms with Gasteiger partial charge in [0.25, 0.3) is 0 Å². The Hall–Kier alpha value is -2.40. The standard InChI is InChI=1S/C18H16N4S/c1-13-19-16-9-5-6-10-17(16)22(13)11-12-23-18-20-14-7-3-2-4-8-15(14)21-18/h2-10H,11-12H2,1H3. The van der Waals surface area contributed by atoms with Crippen LogP contribution in [-0.4, -0.2) is 25.3 Å². The number of thioether (sulfide) groups is 1. The van der Waals surface area contributed by atoms with Crippen molar-refractivity contribution < 1.29 is 0 Å². The molecule has 5 heteroatoms. The number of benzene rings is 1. The van der Waals surface area contributed by atoms with Gasteiger partial charge in [-0.25, -0.2) is 15.0 Å². The average molecular weight is 320 g/mol. The van der Waals surface area contributed by atoms with Crippen LogP contribution >= 0.6 is 11.8 Å². The minimum Gasteiger partial charge on any atom is -0.327 e. The van der Waals surface area contributed by atoms with E-state index in [-0.39, 0.29) is 0 Å². The summed E-state index contributed by atoms with van der Waals surface area (Å²) in [4.78, 5) is 13.8. The SMILES string of the molecule is Cc1nc2ccccc2n1CCSc1nc2cccccc-2n1. The summed E-state index contributed by atoms with van der Waals surface area (Å²) in [5.41, 5.74) is 4.13. The van der Waals surface area contributed by atoms with Crippen LogP contribution in [0.2, 0.25) is 0 Å². The van der Waals surface area contributed by atoms with Crippen LogP contribution < -0.4 is 0 Å². The number of imidazole rings is 2. The van der Waals surface area contributed by atoms with Crippen molar-refractivity contribution in [2.75, 3.05) is 5.75 Å². The number of rotatable bonds is 4. The minimum absolute atomic E-state index is 0.841. The number of fused-ring (bicyclic) bond motifs is 2. The Morgan fingerprint density at radius 1 is 0.870 bits per heavy atom. The number of aromatic nitrogens is 4. The predicted octanol–water partition coefficient (Wildman–Crippen LogP) is 4.03. The fourth-order valence-electron chi connectivity index (χ4n) is 2.72. The van der Waals surface area contributed by atoms with Crippen molar-refractivity contribution in [3.8, 4) is 11.4 Å². The van der Waals surface area contributed by atoms with Crippen LogP contribution in [0.15, 0.2) is 59.8 Å². The smallest absolute Gasteiger partial charge is 0.188 e. The van der Waals surface area contributed by atoms with E-state index in [1.54, 1.807) is 11.8 Å². The van der Waals surface area contributed by atoms with Crippen molar-refractivity contribution in [2.24, 2.45) is 0 Å². The lowest BCUT2D eigenvalue weighted by atomic mass is 10.3.